The van der Waals surface area contributed by atoms with Crippen molar-refractivity contribution in [2.24, 2.45) is 5.92 Å². The summed E-state index contributed by atoms with van der Waals surface area (Å²) in [4.78, 5) is 0. The first-order valence-electron chi connectivity index (χ1n) is 7.27. The molecule has 0 spiro atoms. The molecule has 1 N–H and O–H groups in total. The highest BCUT2D eigenvalue weighted by Crippen LogP contribution is 2.52. The Bertz CT molecular complexity index is 424. The quantitative estimate of drug-likeness (QED) is 0.758. The van der Waals surface area contributed by atoms with E-state index in [0.29, 0.717) is 0 Å². The number of hydrogen-bond acceptors (Lipinski definition) is 2. The first-order valence-corrected chi connectivity index (χ1v) is 8.02. The van der Waals surface area contributed by atoms with Crippen molar-refractivity contribution in [2.75, 3.05) is 26.8 Å². The number of rotatable bonds is 7. The molecule has 0 atom stereocenters. The van der Waals surface area contributed by atoms with E-state index in [9.17, 15) is 0 Å². The minimum absolute atomic E-state index is 0.0871. The zero-order chi connectivity index (χ0) is 14.6. The zero-order valence-electron chi connectivity index (χ0n) is 12.2. The highest BCUT2D eigenvalue weighted by Gasteiger charge is 2.46. The molecule has 2 rings (SSSR count). The van der Waals surface area contributed by atoms with Crippen LogP contribution >= 0.6 is 23.2 Å². The summed E-state index contributed by atoms with van der Waals surface area (Å²) in [7, 11) is 1.72. The maximum absolute atomic E-state index is 6.42. The van der Waals surface area contributed by atoms with E-state index in [4.69, 9.17) is 27.9 Å². The molecule has 0 aliphatic heterocycles. The molecule has 1 aromatic carbocycles. The summed E-state index contributed by atoms with van der Waals surface area (Å²) >= 11 is 12.8. The molecule has 20 heavy (non-hydrogen) atoms. The van der Waals surface area contributed by atoms with Gasteiger partial charge >= 0.3 is 0 Å². The van der Waals surface area contributed by atoms with Crippen LogP contribution in [0.1, 0.15) is 31.7 Å². The third-order valence-electron chi connectivity index (χ3n) is 4.38. The van der Waals surface area contributed by atoms with Crippen molar-refractivity contribution in [2.45, 2.75) is 31.6 Å². The van der Waals surface area contributed by atoms with Gasteiger partial charge in [0.1, 0.15) is 0 Å². The summed E-state index contributed by atoms with van der Waals surface area (Å²) in [5.74, 6) is 0.784. The molecule has 1 fully saturated rings. The Labute approximate surface area is 131 Å². The normalized spacial score (nSPS) is 25.5. The van der Waals surface area contributed by atoms with Crippen molar-refractivity contribution in [3.8, 4) is 0 Å². The van der Waals surface area contributed by atoms with Crippen LogP contribution in [0.4, 0.5) is 0 Å². The van der Waals surface area contributed by atoms with Crippen LogP contribution in [0.5, 0.6) is 0 Å². The third-order valence-corrected chi connectivity index (χ3v) is 5.01. The highest BCUT2D eigenvalue weighted by atomic mass is 35.5. The molecular weight excluding hydrogens is 293 g/mol. The van der Waals surface area contributed by atoms with E-state index in [1.807, 2.05) is 18.2 Å². The number of ether oxygens (including phenoxy) is 1. The fraction of sp³-hybridized carbons (Fsp3) is 0.625. The highest BCUT2D eigenvalue weighted by molar-refractivity contribution is 6.36. The molecule has 1 aromatic rings. The van der Waals surface area contributed by atoms with E-state index in [-0.39, 0.29) is 5.41 Å². The van der Waals surface area contributed by atoms with Crippen LogP contribution in [0.25, 0.3) is 0 Å². The van der Waals surface area contributed by atoms with Crippen LogP contribution in [0, 0.1) is 5.92 Å². The number of hydrogen-bond donors (Lipinski definition) is 1. The lowest BCUT2D eigenvalue weighted by molar-refractivity contribution is 0.128. The Balaban J connectivity index is 2.15. The molecule has 0 radical (unpaired) electrons. The molecule has 0 saturated heterocycles. The van der Waals surface area contributed by atoms with Crippen LogP contribution in [-0.4, -0.2) is 26.8 Å². The fourth-order valence-electron chi connectivity index (χ4n) is 3.28. The molecular formula is C16H23Cl2NO. The molecule has 0 amide bonds. The zero-order valence-corrected chi connectivity index (χ0v) is 13.7. The van der Waals surface area contributed by atoms with Gasteiger partial charge in [0.15, 0.2) is 0 Å². The third kappa shape index (κ3) is 3.30. The molecule has 0 aromatic heterocycles. The van der Waals surface area contributed by atoms with Crippen molar-refractivity contribution < 1.29 is 4.74 Å². The number of halogens is 2. The molecule has 1 saturated carbocycles. The van der Waals surface area contributed by atoms with Crippen molar-refractivity contribution >= 4 is 23.2 Å². The topological polar surface area (TPSA) is 21.3 Å². The number of benzene rings is 1. The standard InChI is InChI=1S/C16H23Cl2NO/c1-3-12-9-16(10-12,11-19-7-8-20-2)15-13(17)5-4-6-14(15)18/h4-6,12,19H,3,7-11H2,1-2H3. The molecule has 1 aliphatic carbocycles. The van der Waals surface area contributed by atoms with Crippen molar-refractivity contribution in [1.29, 1.82) is 0 Å². The molecule has 112 valence electrons. The van der Waals surface area contributed by atoms with E-state index < -0.39 is 0 Å². The average Bonchev–Trinajstić information content (AvgIpc) is 2.38. The van der Waals surface area contributed by atoms with E-state index >= 15 is 0 Å². The predicted octanol–water partition coefficient (Wildman–Crippen LogP) is 4.29. The van der Waals surface area contributed by atoms with Crippen LogP contribution < -0.4 is 5.32 Å². The minimum Gasteiger partial charge on any atom is -0.383 e. The van der Waals surface area contributed by atoms with Gasteiger partial charge in [-0.1, -0.05) is 42.6 Å². The van der Waals surface area contributed by atoms with Gasteiger partial charge in [-0.25, -0.2) is 0 Å². The van der Waals surface area contributed by atoms with E-state index in [0.717, 1.165) is 54.1 Å². The van der Waals surface area contributed by atoms with Gasteiger partial charge in [-0.05, 0) is 36.5 Å². The monoisotopic (exact) mass is 315 g/mol. The largest absolute Gasteiger partial charge is 0.383 e. The lowest BCUT2D eigenvalue weighted by Gasteiger charge is -2.49. The maximum atomic E-state index is 6.42. The van der Waals surface area contributed by atoms with Gasteiger partial charge in [-0.15, -0.1) is 0 Å². The summed E-state index contributed by atoms with van der Waals surface area (Å²) < 4.78 is 5.09. The van der Waals surface area contributed by atoms with E-state index in [2.05, 4.69) is 12.2 Å². The fourth-order valence-corrected chi connectivity index (χ4v) is 4.08. The summed E-state index contributed by atoms with van der Waals surface area (Å²) in [5.41, 5.74) is 1.21. The average molecular weight is 316 g/mol. The summed E-state index contributed by atoms with van der Waals surface area (Å²) in [6.07, 6.45) is 3.54. The number of nitrogens with one attached hydrogen (secondary N) is 1. The van der Waals surface area contributed by atoms with Crippen LogP contribution in [0.15, 0.2) is 18.2 Å². The molecule has 1 aliphatic rings. The second-order valence-electron chi connectivity index (χ2n) is 5.73. The predicted molar refractivity (Wildman–Crippen MR) is 85.9 cm³/mol. The van der Waals surface area contributed by atoms with Crippen molar-refractivity contribution in [1.82, 2.24) is 5.32 Å². The Hall–Kier alpha value is -0.280. The maximum Gasteiger partial charge on any atom is 0.0587 e. The molecule has 2 nitrogen and oxygen atoms in total. The Morgan fingerprint density at radius 1 is 1.30 bits per heavy atom. The van der Waals surface area contributed by atoms with E-state index in [1.165, 1.54) is 6.42 Å². The lowest BCUT2D eigenvalue weighted by atomic mass is 9.58. The molecule has 0 heterocycles. The van der Waals surface area contributed by atoms with Gasteiger partial charge in [0.2, 0.25) is 0 Å². The van der Waals surface area contributed by atoms with Crippen molar-refractivity contribution in [3.05, 3.63) is 33.8 Å². The second-order valence-corrected chi connectivity index (χ2v) is 6.54. The first-order chi connectivity index (χ1) is 9.63. The van der Waals surface area contributed by atoms with Gasteiger partial charge in [0, 0.05) is 35.7 Å². The second kappa shape index (κ2) is 7.13. The van der Waals surface area contributed by atoms with Crippen LogP contribution in [0.3, 0.4) is 0 Å². The Morgan fingerprint density at radius 2 is 1.95 bits per heavy atom. The molecule has 0 bridgehead atoms. The van der Waals surface area contributed by atoms with Gasteiger partial charge in [-0.2, -0.15) is 0 Å². The lowest BCUT2D eigenvalue weighted by Crippen LogP contribution is -2.49. The molecule has 4 heteroatoms. The number of methoxy groups -OCH3 is 1. The van der Waals surface area contributed by atoms with E-state index in [1.54, 1.807) is 7.11 Å². The van der Waals surface area contributed by atoms with Gasteiger partial charge in [0.25, 0.3) is 0 Å². The summed E-state index contributed by atoms with van der Waals surface area (Å²) in [6, 6.07) is 5.80. The minimum atomic E-state index is 0.0871. The van der Waals surface area contributed by atoms with Crippen LogP contribution in [-0.2, 0) is 10.2 Å². The Morgan fingerprint density at radius 3 is 2.50 bits per heavy atom. The van der Waals surface area contributed by atoms with Gasteiger partial charge in [0.05, 0.1) is 6.61 Å². The van der Waals surface area contributed by atoms with Crippen LogP contribution in [0.2, 0.25) is 10.0 Å². The first kappa shape index (κ1) is 16.1. The summed E-state index contributed by atoms with van der Waals surface area (Å²) in [6.45, 7) is 4.75. The van der Waals surface area contributed by atoms with Crippen molar-refractivity contribution in [3.63, 3.8) is 0 Å². The SMILES string of the molecule is CCC1CC(CNCCOC)(c2c(Cl)cccc2Cl)C1. The summed E-state index contributed by atoms with van der Waals surface area (Å²) in [5, 5.41) is 5.07. The van der Waals surface area contributed by atoms with Gasteiger partial charge in [-0.3, -0.25) is 0 Å². The van der Waals surface area contributed by atoms with Gasteiger partial charge < -0.3 is 10.1 Å². The molecule has 0 unspecified atom stereocenters. The smallest absolute Gasteiger partial charge is 0.0587 e. The Kier molecular flexibility index (Phi) is 5.74.